The SMILES string of the molecule is Cc1cc2c(cc1C)C(CCCOCCCC(O)OC(C)(C)C)C/C=C1\NC(=O)NC(O)C1=N2. The summed E-state index contributed by atoms with van der Waals surface area (Å²) in [6.07, 6.45) is 3.87. The predicted molar refractivity (Wildman–Crippen MR) is 132 cm³/mol. The molecule has 1 saturated heterocycles. The molecule has 1 aromatic carbocycles. The summed E-state index contributed by atoms with van der Waals surface area (Å²) in [6, 6.07) is 3.82. The summed E-state index contributed by atoms with van der Waals surface area (Å²) in [5.41, 5.74) is 4.96. The number of hydrogen-bond donors (Lipinski definition) is 4. The van der Waals surface area contributed by atoms with E-state index in [0.717, 1.165) is 42.5 Å². The Kier molecular flexibility index (Phi) is 8.87. The Bertz CT molecular complexity index is 935. The molecule has 0 spiro atoms. The van der Waals surface area contributed by atoms with E-state index >= 15 is 0 Å². The number of aliphatic imine (C=N–C) groups is 1. The van der Waals surface area contributed by atoms with Crippen LogP contribution in [-0.4, -0.2) is 53.3 Å². The molecule has 2 amide bonds. The number of ether oxygens (including phenoxy) is 2. The van der Waals surface area contributed by atoms with Gasteiger partial charge in [0.2, 0.25) is 0 Å². The summed E-state index contributed by atoms with van der Waals surface area (Å²) in [5.74, 6) is 0.224. The Labute approximate surface area is 202 Å². The number of carbonyl (C=O) groups is 1. The number of aryl methyl sites for hydroxylation is 2. The number of carbonyl (C=O) groups excluding carboxylic acids is 1. The molecule has 8 nitrogen and oxygen atoms in total. The second-order valence-corrected chi connectivity index (χ2v) is 10.1. The first-order valence-electron chi connectivity index (χ1n) is 12.1. The van der Waals surface area contributed by atoms with Crippen LogP contribution in [0.1, 0.15) is 75.5 Å². The van der Waals surface area contributed by atoms with E-state index in [-0.39, 0.29) is 11.5 Å². The van der Waals surface area contributed by atoms with Crippen molar-refractivity contribution in [1.82, 2.24) is 10.6 Å². The van der Waals surface area contributed by atoms with Crippen LogP contribution in [0.2, 0.25) is 0 Å². The van der Waals surface area contributed by atoms with Crippen LogP contribution in [0.3, 0.4) is 0 Å². The molecular weight excluding hydrogens is 434 g/mol. The summed E-state index contributed by atoms with van der Waals surface area (Å²) < 4.78 is 11.3. The minimum Gasteiger partial charge on any atom is -0.381 e. The van der Waals surface area contributed by atoms with Crippen LogP contribution >= 0.6 is 0 Å². The third-order valence-electron chi connectivity index (χ3n) is 6.05. The van der Waals surface area contributed by atoms with E-state index in [0.29, 0.717) is 31.0 Å². The van der Waals surface area contributed by atoms with Gasteiger partial charge in [-0.2, -0.15) is 0 Å². The van der Waals surface area contributed by atoms with Crippen molar-refractivity contribution < 1.29 is 24.5 Å². The number of nitrogens with zero attached hydrogens (tertiary/aromatic N) is 1. The van der Waals surface area contributed by atoms with Crippen LogP contribution in [0.4, 0.5) is 10.5 Å². The maximum absolute atomic E-state index is 11.8. The zero-order valence-corrected chi connectivity index (χ0v) is 21.0. The first kappa shape index (κ1) is 26.3. The highest BCUT2D eigenvalue weighted by molar-refractivity contribution is 6.10. The molecule has 0 aliphatic carbocycles. The fraction of sp³-hybridized carbons (Fsp3) is 0.615. The van der Waals surface area contributed by atoms with Crippen LogP contribution in [0.25, 0.3) is 0 Å². The summed E-state index contributed by atoms with van der Waals surface area (Å²) in [4.78, 5) is 16.6. The van der Waals surface area contributed by atoms with Gasteiger partial charge in [-0.25, -0.2) is 9.79 Å². The third-order valence-corrected chi connectivity index (χ3v) is 6.05. The number of fused-ring (bicyclic) bond motifs is 2. The average Bonchev–Trinajstić information content (AvgIpc) is 2.71. The van der Waals surface area contributed by atoms with Gasteiger partial charge in [0.25, 0.3) is 0 Å². The van der Waals surface area contributed by atoms with Gasteiger partial charge in [-0.3, -0.25) is 0 Å². The molecule has 188 valence electrons. The molecule has 3 atom stereocenters. The van der Waals surface area contributed by atoms with Crippen LogP contribution in [0.15, 0.2) is 28.9 Å². The van der Waals surface area contributed by atoms with Gasteiger partial charge in [0.15, 0.2) is 12.5 Å². The molecule has 2 aliphatic rings. The molecule has 0 saturated carbocycles. The molecule has 3 rings (SSSR count). The van der Waals surface area contributed by atoms with Crippen LogP contribution in [0.5, 0.6) is 0 Å². The number of amides is 2. The van der Waals surface area contributed by atoms with Gasteiger partial charge in [0.05, 0.1) is 17.0 Å². The van der Waals surface area contributed by atoms with E-state index in [4.69, 9.17) is 14.5 Å². The molecule has 4 N–H and O–H groups in total. The van der Waals surface area contributed by atoms with E-state index < -0.39 is 18.5 Å². The zero-order chi connectivity index (χ0) is 24.9. The lowest BCUT2D eigenvalue weighted by Gasteiger charge is -2.28. The summed E-state index contributed by atoms with van der Waals surface area (Å²) in [6.45, 7) is 11.1. The van der Waals surface area contributed by atoms with Crippen molar-refractivity contribution in [3.8, 4) is 0 Å². The highest BCUT2D eigenvalue weighted by atomic mass is 16.6. The molecule has 34 heavy (non-hydrogen) atoms. The normalized spacial score (nSPS) is 22.7. The van der Waals surface area contributed by atoms with Gasteiger partial charge < -0.3 is 30.3 Å². The summed E-state index contributed by atoms with van der Waals surface area (Å²) in [5, 5.41) is 25.5. The van der Waals surface area contributed by atoms with E-state index in [9.17, 15) is 15.0 Å². The number of benzene rings is 1. The van der Waals surface area contributed by atoms with Crippen molar-refractivity contribution in [2.24, 2.45) is 4.99 Å². The molecule has 3 unspecified atom stereocenters. The molecule has 0 radical (unpaired) electrons. The molecule has 8 heteroatoms. The Morgan fingerprint density at radius 2 is 1.88 bits per heavy atom. The van der Waals surface area contributed by atoms with Gasteiger partial charge in [-0.05, 0) is 89.0 Å². The highest BCUT2D eigenvalue weighted by Gasteiger charge is 2.29. The quantitative estimate of drug-likeness (QED) is 0.319. The van der Waals surface area contributed by atoms with Gasteiger partial charge in [0, 0.05) is 19.6 Å². The van der Waals surface area contributed by atoms with Crippen molar-refractivity contribution >= 4 is 17.4 Å². The van der Waals surface area contributed by atoms with Crippen LogP contribution < -0.4 is 10.6 Å². The number of aliphatic hydroxyl groups is 2. The first-order chi connectivity index (χ1) is 16.0. The molecule has 1 aromatic rings. The fourth-order valence-corrected chi connectivity index (χ4v) is 4.24. The lowest BCUT2D eigenvalue weighted by atomic mass is 9.86. The smallest absolute Gasteiger partial charge is 0.321 e. The number of urea groups is 1. The van der Waals surface area contributed by atoms with Gasteiger partial charge in [-0.15, -0.1) is 0 Å². The van der Waals surface area contributed by atoms with E-state index in [1.165, 1.54) is 5.56 Å². The minimum atomic E-state index is -1.13. The number of nitrogens with one attached hydrogen (secondary N) is 2. The Morgan fingerprint density at radius 3 is 2.62 bits per heavy atom. The monoisotopic (exact) mass is 473 g/mol. The van der Waals surface area contributed by atoms with E-state index in [1.807, 2.05) is 26.8 Å². The molecule has 0 aromatic heterocycles. The van der Waals surface area contributed by atoms with Crippen LogP contribution in [0, 0.1) is 13.8 Å². The highest BCUT2D eigenvalue weighted by Crippen LogP contribution is 2.37. The lowest BCUT2D eigenvalue weighted by molar-refractivity contribution is -0.169. The molecule has 1 fully saturated rings. The molecule has 0 bridgehead atoms. The third kappa shape index (κ3) is 7.37. The Hall–Kier alpha value is -2.26. The molecular formula is C26H39N3O5. The number of allylic oxidation sites excluding steroid dienone is 1. The van der Waals surface area contributed by atoms with Gasteiger partial charge in [-0.1, -0.05) is 12.1 Å². The number of hydrogen-bond acceptors (Lipinski definition) is 6. The second-order valence-electron chi connectivity index (χ2n) is 10.1. The minimum absolute atomic E-state index is 0.224. The number of rotatable bonds is 9. The first-order valence-corrected chi connectivity index (χ1v) is 12.1. The topological polar surface area (TPSA) is 112 Å². The van der Waals surface area contributed by atoms with Crippen LogP contribution in [-0.2, 0) is 9.47 Å². The van der Waals surface area contributed by atoms with E-state index in [2.05, 4.69) is 36.6 Å². The van der Waals surface area contributed by atoms with Gasteiger partial charge >= 0.3 is 6.03 Å². The summed E-state index contributed by atoms with van der Waals surface area (Å²) >= 11 is 0. The molecule has 2 heterocycles. The summed E-state index contributed by atoms with van der Waals surface area (Å²) in [7, 11) is 0. The van der Waals surface area contributed by atoms with E-state index in [1.54, 1.807) is 0 Å². The fourth-order valence-electron chi connectivity index (χ4n) is 4.24. The van der Waals surface area contributed by atoms with Crippen molar-refractivity contribution in [1.29, 1.82) is 0 Å². The van der Waals surface area contributed by atoms with Crippen molar-refractivity contribution in [3.05, 3.63) is 40.6 Å². The Morgan fingerprint density at radius 1 is 1.18 bits per heavy atom. The van der Waals surface area contributed by atoms with Gasteiger partial charge in [0.1, 0.15) is 5.71 Å². The lowest BCUT2D eigenvalue weighted by Crippen LogP contribution is -2.54. The standard InChI is InChI=1S/C26H39N3O5/c1-16-14-19-18(8-6-12-33-13-7-9-22(30)34-26(3,4)5)10-11-20-23(24(31)29-25(32)28-20)27-21(19)15-17(16)2/h11,14-15,18,22,24,30-31H,6-10,12-13H2,1-5H3,(H2,28,29,32)/b20-11-,27-23?. The van der Waals surface area contributed by atoms with Crippen molar-refractivity contribution in [3.63, 3.8) is 0 Å². The predicted octanol–water partition coefficient (Wildman–Crippen LogP) is 4.09. The maximum atomic E-state index is 11.8. The number of aliphatic hydroxyl groups excluding tert-OH is 2. The zero-order valence-electron chi connectivity index (χ0n) is 21.0. The molecule has 2 aliphatic heterocycles. The average molecular weight is 474 g/mol. The second kappa shape index (κ2) is 11.4. The van der Waals surface area contributed by atoms with Crippen molar-refractivity contribution in [2.45, 2.75) is 90.8 Å². The maximum Gasteiger partial charge on any atom is 0.321 e. The Balaban J connectivity index is 1.59. The largest absolute Gasteiger partial charge is 0.381 e. The van der Waals surface area contributed by atoms with Crippen molar-refractivity contribution in [2.75, 3.05) is 13.2 Å².